The third-order valence-electron chi connectivity index (χ3n) is 10.2. The number of hydrogen-bond donors (Lipinski definition) is 4. The number of nitrogens with one attached hydrogen (secondary N) is 2. The molecule has 0 saturated carbocycles. The van der Waals surface area contributed by atoms with Gasteiger partial charge in [-0.3, -0.25) is 43.4 Å². The number of nitrogens with two attached hydrogens (primary N) is 2. The standard InChI is InChI=1S/C20H20FN7O4.C11H12FN5O.C10H12N2O3.CH2O3.K/c1-4-32-18(30)20(2)12-13(22)23-15(24-14(12)25-17(20)29)16-26-28(19(31)27(16)3)9-10-7-5-6-8-11(10)21;1-16-10(9(13)14)15-17(11(16)18)6-7-4-2-3-5-8(7)12;1-5-15-9(14)10(3,7(2)13)8(6-11)12-4;2-1-4-3;/h5-8H,4,9H2,1-3H3,(H3,22,23,24,25,29);2-5H,6H2,1H3,(H3,13,14);8H,5H2,1-3H3;1,3H;/q;;;;+1/p-1. The molecule has 1 aliphatic heterocycles. The van der Waals surface area contributed by atoms with Crippen LogP contribution in [-0.2, 0) is 70.9 Å². The minimum Gasteiger partial charge on any atom is -0.662 e. The van der Waals surface area contributed by atoms with Crippen LogP contribution < -0.4 is 84.8 Å². The first kappa shape index (κ1) is 58.8. The molecule has 70 heavy (non-hydrogen) atoms. The van der Waals surface area contributed by atoms with E-state index >= 15 is 0 Å². The van der Waals surface area contributed by atoms with Crippen LogP contribution in [0.15, 0.2) is 58.1 Å². The Bertz CT molecular complexity index is 2960. The van der Waals surface area contributed by atoms with Crippen molar-refractivity contribution in [1.29, 1.82) is 10.7 Å². The molecule has 0 saturated heterocycles. The van der Waals surface area contributed by atoms with Gasteiger partial charge < -0.3 is 36.4 Å². The number of carbonyl (C=O) groups is 5. The van der Waals surface area contributed by atoms with Gasteiger partial charge in [0.15, 0.2) is 28.9 Å². The Morgan fingerprint density at radius 1 is 0.986 bits per heavy atom. The zero-order chi connectivity index (χ0) is 52.0. The number of amides is 1. The number of anilines is 2. The molecule has 3 unspecified atom stereocenters. The van der Waals surface area contributed by atoms with Crippen LogP contribution in [-0.4, -0.2) is 93.9 Å². The molecule has 0 bridgehead atoms. The average molecular weight is 999 g/mol. The molecule has 5 aromatic rings. The third kappa shape index (κ3) is 12.8. The largest absolute Gasteiger partial charge is 1.00 e. The quantitative estimate of drug-likeness (QED) is 0.0105. The van der Waals surface area contributed by atoms with Crippen molar-refractivity contribution in [3.05, 3.63) is 115 Å². The van der Waals surface area contributed by atoms with Crippen molar-refractivity contribution in [2.75, 3.05) is 24.3 Å². The average Bonchev–Trinajstić information content (AvgIpc) is 3.87. The van der Waals surface area contributed by atoms with Gasteiger partial charge in [-0.25, -0.2) is 44.3 Å². The van der Waals surface area contributed by atoms with Gasteiger partial charge in [-0.15, -0.1) is 10.2 Å². The second-order valence-electron chi connectivity index (χ2n) is 14.5. The minimum atomic E-state index is -1.70. The number of nitrogen functional groups attached to an aromatic ring is 2. The molecule has 364 valence electrons. The number of carbonyl (C=O) groups excluding carboxylic acids is 5. The van der Waals surface area contributed by atoms with Crippen LogP contribution >= 0.6 is 0 Å². The SMILES string of the molecule is CCOC(=O)C1(C)C(=O)Nc2nc(-c3nn(Cc4ccccc4F)c(=O)n3C)nc(N)c21.Cn1c(C(=N)N)nn(Cc2ccccc2F)c1=O.O=CO[O-].[C-]#[N+]C(C#N)C(C)(C(C)=O)C(=O)OCC.[K+]. The van der Waals surface area contributed by atoms with E-state index in [1.807, 2.05) is 0 Å². The van der Waals surface area contributed by atoms with E-state index in [4.69, 9.17) is 48.2 Å². The summed E-state index contributed by atoms with van der Waals surface area (Å²) in [5.41, 5.74) is 7.77. The number of benzene rings is 2. The first-order chi connectivity index (χ1) is 32.5. The summed E-state index contributed by atoms with van der Waals surface area (Å²) in [6.07, 6.45) is 0. The molecule has 0 aliphatic carbocycles. The van der Waals surface area contributed by atoms with Crippen molar-refractivity contribution in [2.45, 2.75) is 59.2 Å². The maximum Gasteiger partial charge on any atom is 1.00 e. The van der Waals surface area contributed by atoms with E-state index < -0.39 is 63.5 Å². The Morgan fingerprint density at radius 2 is 1.49 bits per heavy atom. The van der Waals surface area contributed by atoms with Crippen molar-refractivity contribution in [3.8, 4) is 17.7 Å². The van der Waals surface area contributed by atoms with Gasteiger partial charge in [-0.2, -0.15) is 5.26 Å². The molecule has 6 N–H and O–H groups in total. The van der Waals surface area contributed by atoms with Crippen LogP contribution in [0.2, 0.25) is 0 Å². The Hall–Kier alpha value is -7.34. The maximum atomic E-state index is 14.0. The molecule has 2 aromatic carbocycles. The summed E-state index contributed by atoms with van der Waals surface area (Å²) >= 11 is 0. The van der Waals surface area contributed by atoms with Crippen LogP contribution in [0.3, 0.4) is 0 Å². The molecule has 4 heterocycles. The number of Topliss-reactive ketones (excluding diaryl/α,β-unsaturated/α-hetero) is 1. The molecule has 28 heteroatoms. The number of aromatic nitrogens is 8. The van der Waals surface area contributed by atoms with Gasteiger partial charge >= 0.3 is 80.7 Å². The van der Waals surface area contributed by atoms with E-state index in [1.165, 1.54) is 51.6 Å². The van der Waals surface area contributed by atoms with Crippen LogP contribution in [0, 0.1) is 40.4 Å². The number of amidine groups is 1. The number of ether oxygens (including phenoxy) is 2. The molecule has 3 atom stereocenters. The molecule has 6 rings (SSSR count). The maximum absolute atomic E-state index is 14.0. The van der Waals surface area contributed by atoms with Crippen LogP contribution in [0.25, 0.3) is 16.5 Å². The zero-order valence-electron chi connectivity index (χ0n) is 39.0. The first-order valence-electron chi connectivity index (χ1n) is 20.0. The summed E-state index contributed by atoms with van der Waals surface area (Å²) in [5.74, 6) is -3.98. The van der Waals surface area contributed by atoms with Crippen LogP contribution in [0.1, 0.15) is 57.1 Å². The summed E-state index contributed by atoms with van der Waals surface area (Å²) in [7, 11) is 2.92. The van der Waals surface area contributed by atoms with E-state index in [1.54, 1.807) is 56.3 Å². The Balaban J connectivity index is 0.000000375. The van der Waals surface area contributed by atoms with E-state index in [9.17, 15) is 37.5 Å². The van der Waals surface area contributed by atoms with Gasteiger partial charge in [0.2, 0.25) is 23.0 Å². The molecule has 1 amide bonds. The van der Waals surface area contributed by atoms with E-state index in [0.29, 0.717) is 5.56 Å². The normalized spacial score (nSPS) is 14.1. The molecule has 0 spiro atoms. The number of ketones is 1. The summed E-state index contributed by atoms with van der Waals surface area (Å²) in [5, 5.41) is 35.0. The summed E-state index contributed by atoms with van der Waals surface area (Å²) in [6.45, 7) is 13.7. The van der Waals surface area contributed by atoms with Crippen LogP contribution in [0.4, 0.5) is 20.4 Å². The second kappa shape index (κ2) is 25.9. The van der Waals surface area contributed by atoms with Crippen LogP contribution in [0.5, 0.6) is 0 Å². The number of hydrogen-bond acceptors (Lipinski definition) is 18. The number of halogens is 2. The second-order valence-corrected chi connectivity index (χ2v) is 14.5. The van der Waals surface area contributed by atoms with Crippen molar-refractivity contribution in [2.24, 2.45) is 25.2 Å². The number of fused-ring (bicyclic) bond motifs is 1. The topological polar surface area (TPSA) is 358 Å². The summed E-state index contributed by atoms with van der Waals surface area (Å²) < 4.78 is 41.7. The van der Waals surface area contributed by atoms with Gasteiger partial charge in [-0.05, 0) is 46.8 Å². The summed E-state index contributed by atoms with van der Waals surface area (Å²) in [4.78, 5) is 95.0. The van der Waals surface area contributed by atoms with Gasteiger partial charge in [0.25, 0.3) is 6.47 Å². The third-order valence-corrected chi connectivity index (χ3v) is 10.2. The fourth-order valence-electron chi connectivity index (χ4n) is 6.18. The molecular formula is C42H45F2KN14O11. The number of rotatable bonds is 13. The van der Waals surface area contributed by atoms with E-state index in [-0.39, 0.29) is 130 Å². The van der Waals surface area contributed by atoms with E-state index in [0.717, 1.165) is 13.9 Å². The molecule has 0 fully saturated rings. The van der Waals surface area contributed by atoms with Gasteiger partial charge in [0, 0.05) is 25.2 Å². The number of esters is 2. The molecular weight excluding hydrogens is 954 g/mol. The Morgan fingerprint density at radius 3 is 1.91 bits per heavy atom. The molecule has 3 aromatic heterocycles. The monoisotopic (exact) mass is 998 g/mol. The Kier molecular flexibility index (Phi) is 21.7. The van der Waals surface area contributed by atoms with Crippen molar-refractivity contribution >= 4 is 47.6 Å². The number of nitrogens with zero attached hydrogens (tertiary/aromatic N) is 10. The zero-order valence-corrected chi connectivity index (χ0v) is 42.1. The van der Waals surface area contributed by atoms with Gasteiger partial charge in [0.1, 0.15) is 23.3 Å². The van der Waals surface area contributed by atoms with Crippen molar-refractivity contribution < 1.29 is 104 Å². The fourth-order valence-corrected chi connectivity index (χ4v) is 6.18. The predicted octanol–water partition coefficient (Wildman–Crippen LogP) is -2.97. The fraction of sp³-hybridized carbons (Fsp3) is 0.333. The Labute approximate surface area is 439 Å². The van der Waals surface area contributed by atoms with Gasteiger partial charge in [-0.1, -0.05) is 36.4 Å². The van der Waals surface area contributed by atoms with Crippen molar-refractivity contribution in [1.82, 2.24) is 38.7 Å². The molecule has 0 radical (unpaired) electrons. The predicted molar refractivity (Wildman–Crippen MR) is 234 cm³/mol. The van der Waals surface area contributed by atoms with Gasteiger partial charge in [0.05, 0.1) is 31.9 Å². The first-order valence-corrected chi connectivity index (χ1v) is 20.0. The minimum absolute atomic E-state index is 0. The number of nitriles is 1. The smallest absolute Gasteiger partial charge is 0.662 e. The summed E-state index contributed by atoms with van der Waals surface area (Å²) in [6, 6.07) is 12.5. The molecule has 1 aliphatic rings. The van der Waals surface area contributed by atoms with Crippen molar-refractivity contribution in [3.63, 3.8) is 0 Å². The molecule has 25 nitrogen and oxygen atoms in total. The van der Waals surface area contributed by atoms with E-state index in [2.05, 4.69) is 35.2 Å².